The van der Waals surface area contributed by atoms with Crippen LogP contribution >= 0.6 is 12.2 Å². The molecule has 4 nitrogen and oxygen atoms in total. The summed E-state index contributed by atoms with van der Waals surface area (Å²) in [5, 5.41) is 7.06. The lowest BCUT2D eigenvalue weighted by Gasteiger charge is -2.04. The summed E-state index contributed by atoms with van der Waals surface area (Å²) < 4.78 is 2.67. The van der Waals surface area contributed by atoms with E-state index in [0.29, 0.717) is 4.77 Å². The number of pyridine rings is 1. The van der Waals surface area contributed by atoms with Crippen LogP contribution in [0.3, 0.4) is 0 Å². The number of nitrogens with zero attached hydrogens (tertiary/aromatic N) is 3. The average Bonchev–Trinajstić information content (AvgIpc) is 2.63. The second-order valence-corrected chi connectivity index (χ2v) is 4.08. The molecular weight excluding hydrogens is 220 g/mol. The molecule has 0 aromatic carbocycles. The molecule has 0 radical (unpaired) electrons. The summed E-state index contributed by atoms with van der Waals surface area (Å²) >= 11 is 5.19. The summed E-state index contributed by atoms with van der Waals surface area (Å²) in [4.78, 5) is 4.26. The predicted molar refractivity (Wildman–Crippen MR) is 65.7 cm³/mol. The standard InChI is InChI=1S/C11H14N4S/c1-3-6-15-10(13-14-11(15)16)9-5-4-8(2)12-7-9/h4-5,7H,3,6H2,1-2H3,(H,14,16). The number of nitrogens with one attached hydrogen (secondary N) is 1. The van der Waals surface area contributed by atoms with Crippen molar-refractivity contribution in [2.24, 2.45) is 0 Å². The first-order valence-corrected chi connectivity index (χ1v) is 5.71. The maximum absolute atomic E-state index is 5.19. The summed E-state index contributed by atoms with van der Waals surface area (Å²) in [6, 6.07) is 3.99. The molecule has 0 bridgehead atoms. The molecule has 1 N–H and O–H groups in total. The van der Waals surface area contributed by atoms with Gasteiger partial charge in [0.2, 0.25) is 0 Å². The molecule has 0 aliphatic rings. The number of hydrogen-bond acceptors (Lipinski definition) is 3. The average molecular weight is 234 g/mol. The third-order valence-electron chi connectivity index (χ3n) is 2.38. The van der Waals surface area contributed by atoms with Gasteiger partial charge in [0.15, 0.2) is 10.6 Å². The summed E-state index contributed by atoms with van der Waals surface area (Å²) in [5.74, 6) is 0.861. The van der Waals surface area contributed by atoms with Crippen LogP contribution < -0.4 is 0 Å². The molecule has 0 aliphatic heterocycles. The zero-order valence-corrected chi connectivity index (χ0v) is 10.2. The fraction of sp³-hybridized carbons (Fsp3) is 0.364. The second-order valence-electron chi connectivity index (χ2n) is 3.69. The highest BCUT2D eigenvalue weighted by molar-refractivity contribution is 7.71. The molecule has 16 heavy (non-hydrogen) atoms. The summed E-state index contributed by atoms with van der Waals surface area (Å²) in [5.41, 5.74) is 1.99. The third kappa shape index (κ3) is 2.04. The number of hydrogen-bond donors (Lipinski definition) is 1. The lowest BCUT2D eigenvalue weighted by Crippen LogP contribution is -2.00. The first-order chi connectivity index (χ1) is 7.72. The SMILES string of the molecule is CCCn1c(-c2ccc(C)nc2)n[nH]c1=S. The second kappa shape index (κ2) is 4.57. The van der Waals surface area contributed by atoms with Crippen LogP contribution in [0.25, 0.3) is 11.4 Å². The van der Waals surface area contributed by atoms with Crippen LogP contribution in [0.1, 0.15) is 19.0 Å². The molecule has 5 heteroatoms. The van der Waals surface area contributed by atoms with E-state index in [0.717, 1.165) is 30.0 Å². The summed E-state index contributed by atoms with van der Waals surface area (Å²) in [6.45, 7) is 4.96. The van der Waals surface area contributed by atoms with Crippen molar-refractivity contribution in [3.63, 3.8) is 0 Å². The van der Waals surface area contributed by atoms with Gasteiger partial charge < -0.3 is 4.57 Å². The van der Waals surface area contributed by atoms with Crippen molar-refractivity contribution in [1.29, 1.82) is 0 Å². The minimum Gasteiger partial charge on any atom is -0.300 e. The highest BCUT2D eigenvalue weighted by Gasteiger charge is 2.07. The minimum absolute atomic E-state index is 0.664. The highest BCUT2D eigenvalue weighted by atomic mass is 32.1. The van der Waals surface area contributed by atoms with Gasteiger partial charge in [0.1, 0.15) is 0 Å². The van der Waals surface area contributed by atoms with E-state index in [2.05, 4.69) is 22.1 Å². The van der Waals surface area contributed by atoms with E-state index in [1.165, 1.54) is 0 Å². The van der Waals surface area contributed by atoms with Crippen molar-refractivity contribution < 1.29 is 0 Å². The maximum atomic E-state index is 5.19. The molecule has 2 heterocycles. The van der Waals surface area contributed by atoms with E-state index < -0.39 is 0 Å². The quantitative estimate of drug-likeness (QED) is 0.831. The molecule has 0 saturated carbocycles. The Morgan fingerprint density at radius 2 is 2.25 bits per heavy atom. The van der Waals surface area contributed by atoms with Crippen molar-refractivity contribution in [2.45, 2.75) is 26.8 Å². The molecule has 0 saturated heterocycles. The van der Waals surface area contributed by atoms with Crippen LogP contribution in [0.5, 0.6) is 0 Å². The topological polar surface area (TPSA) is 46.5 Å². The molecule has 0 unspecified atom stereocenters. The van der Waals surface area contributed by atoms with Crippen molar-refractivity contribution >= 4 is 12.2 Å². The van der Waals surface area contributed by atoms with Gasteiger partial charge in [-0.2, -0.15) is 5.10 Å². The third-order valence-corrected chi connectivity index (χ3v) is 2.69. The van der Waals surface area contributed by atoms with E-state index >= 15 is 0 Å². The molecule has 0 spiro atoms. The van der Waals surface area contributed by atoms with E-state index in [9.17, 15) is 0 Å². The first-order valence-electron chi connectivity index (χ1n) is 5.30. The van der Waals surface area contributed by atoms with Crippen LogP contribution in [0.4, 0.5) is 0 Å². The Hall–Kier alpha value is -1.49. The Labute approximate surface area is 99.4 Å². The Morgan fingerprint density at radius 3 is 2.88 bits per heavy atom. The van der Waals surface area contributed by atoms with Crippen molar-refractivity contribution in [3.8, 4) is 11.4 Å². The zero-order valence-electron chi connectivity index (χ0n) is 9.40. The zero-order chi connectivity index (χ0) is 11.5. The van der Waals surface area contributed by atoms with Crippen molar-refractivity contribution in [3.05, 3.63) is 28.8 Å². The molecule has 2 aromatic rings. The molecule has 0 fully saturated rings. The molecular formula is C11H14N4S. The van der Waals surface area contributed by atoms with Crippen LogP contribution in [-0.4, -0.2) is 19.7 Å². The van der Waals surface area contributed by atoms with Gasteiger partial charge in [0, 0.05) is 24.0 Å². The molecule has 2 rings (SSSR count). The van der Waals surface area contributed by atoms with Crippen LogP contribution in [-0.2, 0) is 6.54 Å². The number of H-pyrrole nitrogens is 1. The highest BCUT2D eigenvalue weighted by Crippen LogP contribution is 2.16. The molecule has 0 atom stereocenters. The van der Waals surface area contributed by atoms with Gasteiger partial charge in [-0.1, -0.05) is 6.92 Å². The van der Waals surface area contributed by atoms with Crippen molar-refractivity contribution in [2.75, 3.05) is 0 Å². The smallest absolute Gasteiger partial charge is 0.195 e. The van der Waals surface area contributed by atoms with Crippen molar-refractivity contribution in [1.82, 2.24) is 19.7 Å². The molecule has 84 valence electrons. The van der Waals surface area contributed by atoms with E-state index in [-0.39, 0.29) is 0 Å². The Balaban J connectivity index is 2.47. The Kier molecular flexibility index (Phi) is 3.14. The lowest BCUT2D eigenvalue weighted by atomic mass is 10.2. The monoisotopic (exact) mass is 234 g/mol. The number of aromatic amines is 1. The van der Waals surface area contributed by atoms with E-state index in [4.69, 9.17) is 12.2 Å². The summed E-state index contributed by atoms with van der Waals surface area (Å²) in [7, 11) is 0. The van der Waals surface area contributed by atoms with Gasteiger partial charge >= 0.3 is 0 Å². The van der Waals surface area contributed by atoms with Crippen LogP contribution in [0.2, 0.25) is 0 Å². The van der Waals surface area contributed by atoms with E-state index in [1.807, 2.05) is 29.8 Å². The largest absolute Gasteiger partial charge is 0.300 e. The molecule has 0 amide bonds. The van der Waals surface area contributed by atoms with E-state index in [1.54, 1.807) is 0 Å². The fourth-order valence-electron chi connectivity index (χ4n) is 1.57. The van der Waals surface area contributed by atoms with Gasteiger partial charge in [-0.15, -0.1) is 0 Å². The normalized spacial score (nSPS) is 10.6. The first kappa shape index (κ1) is 11.0. The number of aromatic nitrogens is 4. The van der Waals surface area contributed by atoms with Crippen LogP contribution in [0.15, 0.2) is 18.3 Å². The van der Waals surface area contributed by atoms with Gasteiger partial charge in [-0.3, -0.25) is 10.1 Å². The minimum atomic E-state index is 0.664. The Bertz CT molecular complexity index is 524. The lowest BCUT2D eigenvalue weighted by molar-refractivity contribution is 0.674. The van der Waals surface area contributed by atoms with Gasteiger partial charge in [0.25, 0.3) is 0 Å². The van der Waals surface area contributed by atoms with Crippen LogP contribution in [0, 0.1) is 11.7 Å². The summed E-state index contributed by atoms with van der Waals surface area (Å²) in [6.07, 6.45) is 2.85. The van der Waals surface area contributed by atoms with Gasteiger partial charge in [-0.25, -0.2) is 0 Å². The predicted octanol–water partition coefficient (Wildman–Crippen LogP) is 2.72. The molecule has 2 aromatic heterocycles. The number of aryl methyl sites for hydroxylation is 1. The molecule has 0 aliphatic carbocycles. The van der Waals surface area contributed by atoms with Gasteiger partial charge in [0.05, 0.1) is 0 Å². The van der Waals surface area contributed by atoms with Gasteiger partial charge in [-0.05, 0) is 37.7 Å². The number of rotatable bonds is 3. The Morgan fingerprint density at radius 1 is 1.44 bits per heavy atom. The fourth-order valence-corrected chi connectivity index (χ4v) is 1.79. The maximum Gasteiger partial charge on any atom is 0.195 e.